The molecule has 1 aromatic heterocycles. The van der Waals surface area contributed by atoms with Crippen LogP contribution in [0.25, 0.3) is 11.3 Å². The standard InChI is InChI=1S/C28H24ClF3N4/c29-23-13-11-20(12-14-23)24-19-25(28(30,31)32)34-27(33-24)36-17-15-35(16-18-36)26(21-7-3-1-4-8-21)22-9-5-2-6-10-22/h1-14,19,26H,15-18H2. The summed E-state index contributed by atoms with van der Waals surface area (Å²) in [6, 6.07) is 28.2. The molecule has 1 aliphatic rings. The summed E-state index contributed by atoms with van der Waals surface area (Å²) in [5.74, 6) is 0.0883. The van der Waals surface area contributed by atoms with Crippen molar-refractivity contribution in [2.75, 3.05) is 31.1 Å². The molecule has 36 heavy (non-hydrogen) atoms. The first-order chi connectivity index (χ1) is 17.4. The van der Waals surface area contributed by atoms with Crippen molar-refractivity contribution in [2.45, 2.75) is 12.2 Å². The summed E-state index contributed by atoms with van der Waals surface area (Å²) in [6.45, 7) is 2.34. The van der Waals surface area contributed by atoms with E-state index in [-0.39, 0.29) is 17.7 Å². The van der Waals surface area contributed by atoms with E-state index in [1.165, 1.54) is 11.1 Å². The summed E-state index contributed by atoms with van der Waals surface area (Å²) in [6.07, 6.45) is -4.58. The fraction of sp³-hybridized carbons (Fsp3) is 0.214. The lowest BCUT2D eigenvalue weighted by Crippen LogP contribution is -2.48. The number of benzene rings is 3. The summed E-state index contributed by atoms with van der Waals surface area (Å²) >= 11 is 5.96. The van der Waals surface area contributed by atoms with Gasteiger partial charge in [0.1, 0.15) is 0 Å². The fourth-order valence-corrected chi connectivity index (χ4v) is 4.68. The van der Waals surface area contributed by atoms with Gasteiger partial charge in [-0.15, -0.1) is 0 Å². The van der Waals surface area contributed by atoms with Crippen molar-refractivity contribution in [1.29, 1.82) is 0 Å². The molecule has 184 valence electrons. The van der Waals surface area contributed by atoms with E-state index >= 15 is 0 Å². The van der Waals surface area contributed by atoms with Gasteiger partial charge >= 0.3 is 6.18 Å². The van der Waals surface area contributed by atoms with Gasteiger partial charge in [-0.3, -0.25) is 4.90 Å². The van der Waals surface area contributed by atoms with Gasteiger partial charge in [0.15, 0.2) is 5.69 Å². The highest BCUT2D eigenvalue weighted by Crippen LogP contribution is 2.33. The third-order valence-electron chi connectivity index (χ3n) is 6.34. The maximum atomic E-state index is 13.7. The molecule has 4 nitrogen and oxygen atoms in total. The Balaban J connectivity index is 1.42. The van der Waals surface area contributed by atoms with Gasteiger partial charge in [0, 0.05) is 36.8 Å². The number of rotatable bonds is 5. The zero-order valence-electron chi connectivity index (χ0n) is 19.4. The van der Waals surface area contributed by atoms with Crippen LogP contribution >= 0.6 is 11.6 Å². The number of piperazine rings is 1. The van der Waals surface area contributed by atoms with Crippen molar-refractivity contribution in [3.05, 3.63) is 113 Å². The SMILES string of the molecule is FC(F)(F)c1cc(-c2ccc(Cl)cc2)nc(N2CCN(C(c3ccccc3)c3ccccc3)CC2)n1. The van der Waals surface area contributed by atoms with Gasteiger partial charge in [0.25, 0.3) is 0 Å². The van der Waals surface area contributed by atoms with Crippen molar-refractivity contribution in [2.24, 2.45) is 0 Å². The van der Waals surface area contributed by atoms with E-state index in [0.717, 1.165) is 6.07 Å². The predicted molar refractivity (Wildman–Crippen MR) is 136 cm³/mol. The number of halogens is 4. The van der Waals surface area contributed by atoms with Crippen molar-refractivity contribution in [3.8, 4) is 11.3 Å². The summed E-state index contributed by atoms with van der Waals surface area (Å²) in [5, 5.41) is 0.506. The molecule has 1 saturated heterocycles. The van der Waals surface area contributed by atoms with E-state index < -0.39 is 11.9 Å². The fourth-order valence-electron chi connectivity index (χ4n) is 4.55. The second-order valence-electron chi connectivity index (χ2n) is 8.69. The molecule has 0 unspecified atom stereocenters. The topological polar surface area (TPSA) is 32.3 Å². The van der Waals surface area contributed by atoms with Crippen LogP contribution in [0.1, 0.15) is 22.9 Å². The predicted octanol–water partition coefficient (Wildman–Crippen LogP) is 6.73. The molecule has 0 N–H and O–H groups in total. The Morgan fingerprint density at radius 2 is 1.28 bits per heavy atom. The average molecular weight is 509 g/mol. The van der Waals surface area contributed by atoms with Crippen molar-refractivity contribution < 1.29 is 13.2 Å². The second kappa shape index (κ2) is 10.3. The Kier molecular flexibility index (Phi) is 6.94. The van der Waals surface area contributed by atoms with E-state index in [1.807, 2.05) is 41.3 Å². The maximum absolute atomic E-state index is 13.7. The molecule has 0 atom stereocenters. The number of nitrogens with zero attached hydrogens (tertiary/aromatic N) is 4. The molecule has 0 spiro atoms. The van der Waals surface area contributed by atoms with Crippen LogP contribution in [0.4, 0.5) is 19.1 Å². The van der Waals surface area contributed by atoms with Gasteiger partial charge in [0.05, 0.1) is 11.7 Å². The van der Waals surface area contributed by atoms with Crippen molar-refractivity contribution in [3.63, 3.8) is 0 Å². The monoisotopic (exact) mass is 508 g/mol. The molecule has 0 aliphatic carbocycles. The van der Waals surface area contributed by atoms with E-state index in [4.69, 9.17) is 11.6 Å². The Hall–Kier alpha value is -3.42. The number of hydrogen-bond acceptors (Lipinski definition) is 4. The molecule has 1 fully saturated rings. The van der Waals surface area contributed by atoms with Crippen LogP contribution in [0.3, 0.4) is 0 Å². The minimum atomic E-state index is -4.58. The van der Waals surface area contributed by atoms with Crippen molar-refractivity contribution in [1.82, 2.24) is 14.9 Å². The summed E-state index contributed by atoms with van der Waals surface area (Å²) in [7, 11) is 0. The summed E-state index contributed by atoms with van der Waals surface area (Å²) in [4.78, 5) is 12.6. The van der Waals surface area contributed by atoms with Gasteiger partial charge in [-0.1, -0.05) is 84.4 Å². The zero-order valence-corrected chi connectivity index (χ0v) is 20.1. The Morgan fingerprint density at radius 3 is 1.81 bits per heavy atom. The number of anilines is 1. The van der Waals surface area contributed by atoms with Crippen LogP contribution in [0.15, 0.2) is 91.0 Å². The lowest BCUT2D eigenvalue weighted by atomic mass is 9.96. The lowest BCUT2D eigenvalue weighted by Gasteiger charge is -2.40. The van der Waals surface area contributed by atoms with Crippen molar-refractivity contribution >= 4 is 17.5 Å². The first kappa shape index (κ1) is 24.3. The zero-order chi connectivity index (χ0) is 25.1. The molecule has 2 heterocycles. The smallest absolute Gasteiger partial charge is 0.338 e. The van der Waals surface area contributed by atoms with Crippen LogP contribution in [-0.4, -0.2) is 41.0 Å². The molecule has 3 aromatic carbocycles. The van der Waals surface area contributed by atoms with Gasteiger partial charge in [-0.2, -0.15) is 13.2 Å². The number of hydrogen-bond donors (Lipinski definition) is 0. The number of alkyl halides is 3. The maximum Gasteiger partial charge on any atom is 0.433 e. The summed E-state index contributed by atoms with van der Waals surface area (Å²) < 4.78 is 41.1. The van der Waals surface area contributed by atoms with Gasteiger partial charge < -0.3 is 4.90 Å². The van der Waals surface area contributed by atoms with E-state index in [9.17, 15) is 13.2 Å². The third-order valence-corrected chi connectivity index (χ3v) is 6.59. The van der Waals surface area contributed by atoms with Gasteiger partial charge in [0.2, 0.25) is 5.95 Å². The highest BCUT2D eigenvalue weighted by atomic mass is 35.5. The largest absolute Gasteiger partial charge is 0.433 e. The first-order valence-electron chi connectivity index (χ1n) is 11.7. The molecule has 8 heteroatoms. The molecule has 0 amide bonds. The van der Waals surface area contributed by atoms with E-state index in [2.05, 4.69) is 39.1 Å². The van der Waals surface area contributed by atoms with Crippen LogP contribution in [-0.2, 0) is 6.18 Å². The Labute approximate surface area is 213 Å². The normalized spacial score (nSPS) is 14.9. The third kappa shape index (κ3) is 5.37. The van der Waals surface area contributed by atoms with Crippen LogP contribution < -0.4 is 4.90 Å². The first-order valence-corrected chi connectivity index (χ1v) is 12.1. The quantitative estimate of drug-likeness (QED) is 0.299. The van der Waals surface area contributed by atoms with Gasteiger partial charge in [-0.05, 0) is 29.3 Å². The summed E-state index contributed by atoms with van der Waals surface area (Å²) in [5.41, 5.74) is 2.18. The molecule has 4 aromatic rings. The molecule has 5 rings (SSSR count). The van der Waals surface area contributed by atoms with Gasteiger partial charge in [-0.25, -0.2) is 9.97 Å². The van der Waals surface area contributed by atoms with E-state index in [1.54, 1.807) is 24.3 Å². The van der Waals surface area contributed by atoms with E-state index in [0.29, 0.717) is 36.8 Å². The van der Waals surface area contributed by atoms with Crippen LogP contribution in [0.2, 0.25) is 5.02 Å². The second-order valence-corrected chi connectivity index (χ2v) is 9.13. The van der Waals surface area contributed by atoms with Crippen LogP contribution in [0.5, 0.6) is 0 Å². The molecular formula is C28H24ClF3N4. The Bertz CT molecular complexity index is 1250. The molecular weight excluding hydrogens is 485 g/mol. The number of aromatic nitrogens is 2. The highest BCUT2D eigenvalue weighted by Gasteiger charge is 2.35. The minimum Gasteiger partial charge on any atom is -0.338 e. The molecule has 1 aliphatic heterocycles. The van der Waals surface area contributed by atoms with Crippen LogP contribution in [0, 0.1) is 0 Å². The Morgan fingerprint density at radius 1 is 0.722 bits per heavy atom. The molecule has 0 radical (unpaired) electrons. The molecule has 0 saturated carbocycles. The highest BCUT2D eigenvalue weighted by molar-refractivity contribution is 6.30. The average Bonchev–Trinajstić information content (AvgIpc) is 2.90. The molecule has 0 bridgehead atoms. The minimum absolute atomic E-state index is 0.0570. The lowest BCUT2D eigenvalue weighted by molar-refractivity contribution is -0.141.